The van der Waals surface area contributed by atoms with Gasteiger partial charge in [0.1, 0.15) is 11.5 Å². The van der Waals surface area contributed by atoms with Gasteiger partial charge in [0.15, 0.2) is 5.11 Å². The van der Waals surface area contributed by atoms with E-state index in [2.05, 4.69) is 21.2 Å². The number of nitrogens with one attached hydrogen (secondary N) is 1. The van der Waals surface area contributed by atoms with Gasteiger partial charge in [-0.1, -0.05) is 23.7 Å². The van der Waals surface area contributed by atoms with E-state index in [0.29, 0.717) is 22.4 Å². The van der Waals surface area contributed by atoms with Crippen LogP contribution in [-0.2, 0) is 11.3 Å². The molecule has 0 saturated carbocycles. The minimum Gasteiger partial charge on any atom is -0.497 e. The SMILES string of the molecule is COc1cccc(CN(CCCN2CCOCC2)C(=S)Nc2cc(Cl)ccc2OC)c1. The highest BCUT2D eigenvalue weighted by molar-refractivity contribution is 7.80. The van der Waals surface area contributed by atoms with Gasteiger partial charge in [0, 0.05) is 37.7 Å². The van der Waals surface area contributed by atoms with Crippen LogP contribution in [0.4, 0.5) is 5.69 Å². The van der Waals surface area contributed by atoms with E-state index in [4.69, 9.17) is 38.0 Å². The molecule has 168 valence electrons. The van der Waals surface area contributed by atoms with Gasteiger partial charge in [0.25, 0.3) is 0 Å². The van der Waals surface area contributed by atoms with Crippen LogP contribution in [0.25, 0.3) is 0 Å². The summed E-state index contributed by atoms with van der Waals surface area (Å²) in [5.41, 5.74) is 1.89. The number of thiocarbonyl (C=S) groups is 1. The summed E-state index contributed by atoms with van der Waals surface area (Å²) in [6.07, 6.45) is 0.998. The van der Waals surface area contributed by atoms with E-state index in [1.54, 1.807) is 20.3 Å². The third-order valence-electron chi connectivity index (χ3n) is 5.20. The van der Waals surface area contributed by atoms with Crippen LogP contribution in [0, 0.1) is 0 Å². The van der Waals surface area contributed by atoms with Gasteiger partial charge in [-0.15, -0.1) is 0 Å². The molecule has 0 aliphatic carbocycles. The maximum Gasteiger partial charge on any atom is 0.173 e. The Morgan fingerprint density at radius 1 is 1.16 bits per heavy atom. The molecule has 0 spiro atoms. The molecule has 6 nitrogen and oxygen atoms in total. The van der Waals surface area contributed by atoms with Gasteiger partial charge < -0.3 is 24.4 Å². The highest BCUT2D eigenvalue weighted by Crippen LogP contribution is 2.28. The molecule has 1 heterocycles. The van der Waals surface area contributed by atoms with E-state index in [9.17, 15) is 0 Å². The van der Waals surface area contributed by atoms with Gasteiger partial charge in [-0.25, -0.2) is 0 Å². The van der Waals surface area contributed by atoms with Gasteiger partial charge in [0.2, 0.25) is 0 Å². The molecule has 0 bridgehead atoms. The Labute approximate surface area is 195 Å². The number of ether oxygens (including phenoxy) is 3. The number of rotatable bonds is 9. The molecule has 2 aromatic rings. The lowest BCUT2D eigenvalue weighted by molar-refractivity contribution is 0.0368. The lowest BCUT2D eigenvalue weighted by Gasteiger charge is -2.30. The van der Waals surface area contributed by atoms with E-state index in [1.165, 1.54) is 0 Å². The molecule has 8 heteroatoms. The normalized spacial score (nSPS) is 14.2. The number of methoxy groups -OCH3 is 2. The minimum absolute atomic E-state index is 0.623. The molecule has 1 N–H and O–H groups in total. The third-order valence-corrected chi connectivity index (χ3v) is 5.80. The number of nitrogens with zero attached hydrogens (tertiary/aromatic N) is 2. The van der Waals surface area contributed by atoms with Crippen LogP contribution >= 0.6 is 23.8 Å². The Hall–Kier alpha value is -2.06. The molecule has 1 aliphatic heterocycles. The molecule has 2 aromatic carbocycles. The first-order valence-electron chi connectivity index (χ1n) is 10.4. The molecule has 1 fully saturated rings. The second-order valence-electron chi connectivity index (χ2n) is 7.36. The fraction of sp³-hybridized carbons (Fsp3) is 0.435. The summed E-state index contributed by atoms with van der Waals surface area (Å²) in [5.74, 6) is 1.53. The van der Waals surface area contributed by atoms with E-state index in [-0.39, 0.29) is 0 Å². The van der Waals surface area contributed by atoms with Gasteiger partial charge in [-0.05, 0) is 54.5 Å². The van der Waals surface area contributed by atoms with Crippen LogP contribution in [0.15, 0.2) is 42.5 Å². The third kappa shape index (κ3) is 7.25. The molecular weight excluding hydrogens is 434 g/mol. The van der Waals surface area contributed by atoms with Gasteiger partial charge in [-0.2, -0.15) is 0 Å². The fourth-order valence-electron chi connectivity index (χ4n) is 3.53. The lowest BCUT2D eigenvalue weighted by Crippen LogP contribution is -2.40. The number of anilines is 1. The first kappa shape index (κ1) is 23.6. The van der Waals surface area contributed by atoms with Crippen LogP contribution < -0.4 is 14.8 Å². The van der Waals surface area contributed by atoms with Crippen molar-refractivity contribution in [3.05, 3.63) is 53.1 Å². The Kier molecular flexibility index (Phi) is 9.21. The number of hydrogen-bond donors (Lipinski definition) is 1. The molecule has 0 atom stereocenters. The van der Waals surface area contributed by atoms with Gasteiger partial charge in [0.05, 0.1) is 33.1 Å². The molecule has 1 saturated heterocycles. The summed E-state index contributed by atoms with van der Waals surface area (Å²) in [6, 6.07) is 13.5. The molecule has 31 heavy (non-hydrogen) atoms. The molecular formula is C23H30ClN3O3S. The molecule has 3 rings (SSSR count). The van der Waals surface area contributed by atoms with E-state index >= 15 is 0 Å². The number of benzene rings is 2. The van der Waals surface area contributed by atoms with Gasteiger partial charge >= 0.3 is 0 Å². The quantitative estimate of drug-likeness (QED) is 0.557. The molecule has 1 aliphatic rings. The van der Waals surface area contributed by atoms with Crippen molar-refractivity contribution in [2.24, 2.45) is 0 Å². The summed E-state index contributed by atoms with van der Waals surface area (Å²) < 4.78 is 16.3. The second kappa shape index (κ2) is 12.1. The van der Waals surface area contributed by atoms with Crippen molar-refractivity contribution in [1.82, 2.24) is 9.80 Å². The van der Waals surface area contributed by atoms with Crippen molar-refractivity contribution < 1.29 is 14.2 Å². The number of hydrogen-bond acceptors (Lipinski definition) is 5. The summed E-state index contributed by atoms with van der Waals surface area (Å²) in [7, 11) is 3.31. The number of halogens is 1. The first-order valence-corrected chi connectivity index (χ1v) is 11.2. The Morgan fingerprint density at radius 2 is 1.97 bits per heavy atom. The highest BCUT2D eigenvalue weighted by atomic mass is 35.5. The van der Waals surface area contributed by atoms with Crippen LogP contribution in [0.1, 0.15) is 12.0 Å². The minimum atomic E-state index is 0.623. The van der Waals surface area contributed by atoms with E-state index < -0.39 is 0 Å². The van der Waals surface area contributed by atoms with Crippen molar-refractivity contribution in [3.8, 4) is 11.5 Å². The fourth-order valence-corrected chi connectivity index (χ4v) is 3.96. The number of morpholine rings is 1. The zero-order valence-corrected chi connectivity index (χ0v) is 19.7. The highest BCUT2D eigenvalue weighted by Gasteiger charge is 2.15. The predicted octanol–water partition coefficient (Wildman–Crippen LogP) is 4.28. The summed E-state index contributed by atoms with van der Waals surface area (Å²) in [6.45, 7) is 6.10. The standard InChI is InChI=1S/C23H30ClN3O3S/c1-28-20-6-3-5-18(15-20)17-27(10-4-9-26-11-13-30-14-12-26)23(31)25-21-16-19(24)7-8-22(21)29-2/h3,5-8,15-16H,4,9-14,17H2,1-2H3,(H,25,31). The average Bonchev–Trinajstić information content (AvgIpc) is 2.79. The first-order chi connectivity index (χ1) is 15.1. The van der Waals surface area contributed by atoms with Crippen molar-refractivity contribution in [2.75, 3.05) is 58.9 Å². The Bertz CT molecular complexity index is 862. The van der Waals surface area contributed by atoms with E-state index in [0.717, 1.165) is 62.8 Å². The second-order valence-corrected chi connectivity index (χ2v) is 8.18. The monoisotopic (exact) mass is 463 g/mol. The van der Waals surface area contributed by atoms with Crippen molar-refractivity contribution in [2.45, 2.75) is 13.0 Å². The molecule has 0 radical (unpaired) electrons. The predicted molar refractivity (Wildman–Crippen MR) is 130 cm³/mol. The van der Waals surface area contributed by atoms with Crippen molar-refractivity contribution >= 4 is 34.6 Å². The smallest absolute Gasteiger partial charge is 0.173 e. The topological polar surface area (TPSA) is 46.2 Å². The van der Waals surface area contributed by atoms with Crippen LogP contribution in [0.2, 0.25) is 5.02 Å². The molecule has 0 amide bonds. The van der Waals surface area contributed by atoms with Crippen LogP contribution in [0.5, 0.6) is 11.5 Å². The zero-order valence-electron chi connectivity index (χ0n) is 18.1. The summed E-state index contributed by atoms with van der Waals surface area (Å²) in [4.78, 5) is 4.61. The van der Waals surface area contributed by atoms with Crippen LogP contribution in [0.3, 0.4) is 0 Å². The van der Waals surface area contributed by atoms with Crippen molar-refractivity contribution in [1.29, 1.82) is 0 Å². The van der Waals surface area contributed by atoms with Crippen LogP contribution in [-0.4, -0.2) is 68.5 Å². The molecule has 0 unspecified atom stereocenters. The molecule has 0 aromatic heterocycles. The summed E-state index contributed by atoms with van der Waals surface area (Å²) in [5, 5.41) is 4.58. The lowest BCUT2D eigenvalue weighted by atomic mass is 10.2. The van der Waals surface area contributed by atoms with E-state index in [1.807, 2.05) is 30.3 Å². The largest absolute Gasteiger partial charge is 0.497 e. The zero-order chi connectivity index (χ0) is 22.1. The maximum atomic E-state index is 6.19. The maximum absolute atomic E-state index is 6.19. The Morgan fingerprint density at radius 3 is 2.71 bits per heavy atom. The average molecular weight is 464 g/mol. The van der Waals surface area contributed by atoms with Gasteiger partial charge in [-0.3, -0.25) is 4.90 Å². The van der Waals surface area contributed by atoms with Crippen molar-refractivity contribution in [3.63, 3.8) is 0 Å². The summed E-state index contributed by atoms with van der Waals surface area (Å²) >= 11 is 12.0. The Balaban J connectivity index is 1.70.